The number of anilines is 1. The third-order valence-electron chi connectivity index (χ3n) is 5.63. The van der Waals surface area contributed by atoms with Gasteiger partial charge >= 0.3 is 6.03 Å². The molecule has 31 heavy (non-hydrogen) atoms. The molecule has 0 spiro atoms. The molecule has 3 aromatic carbocycles. The highest BCUT2D eigenvalue weighted by Gasteiger charge is 2.22. The fourth-order valence-electron chi connectivity index (χ4n) is 3.95. The topological polar surface area (TPSA) is 54.0 Å². The third-order valence-corrected chi connectivity index (χ3v) is 5.63. The van der Waals surface area contributed by atoms with Crippen molar-refractivity contribution in [2.45, 2.75) is 13.5 Å². The summed E-state index contributed by atoms with van der Waals surface area (Å²) >= 11 is 0. The van der Waals surface area contributed by atoms with E-state index >= 15 is 0 Å². The lowest BCUT2D eigenvalue weighted by atomic mass is 10.1. The molecular formula is C25H29N3O3. The number of ether oxygens (including phenoxy) is 2. The number of carbonyl (C=O) groups is 1. The number of methoxy groups -OCH3 is 1. The Bertz CT molecular complexity index is 1050. The molecule has 6 nitrogen and oxygen atoms in total. The van der Waals surface area contributed by atoms with Gasteiger partial charge in [0.25, 0.3) is 0 Å². The summed E-state index contributed by atoms with van der Waals surface area (Å²) in [6.45, 7) is 6.08. The van der Waals surface area contributed by atoms with Crippen molar-refractivity contribution in [2.75, 3.05) is 44.8 Å². The van der Waals surface area contributed by atoms with E-state index in [1.807, 2.05) is 54.3 Å². The van der Waals surface area contributed by atoms with Crippen molar-refractivity contribution < 1.29 is 14.3 Å². The second kappa shape index (κ2) is 9.60. The molecule has 6 heteroatoms. The Kier molecular flexibility index (Phi) is 6.46. The van der Waals surface area contributed by atoms with E-state index in [9.17, 15) is 4.79 Å². The quantitative estimate of drug-likeness (QED) is 0.648. The predicted octanol–water partition coefficient (Wildman–Crippen LogP) is 4.28. The maximum Gasteiger partial charge on any atom is 0.317 e. The zero-order chi connectivity index (χ0) is 21.6. The molecule has 1 heterocycles. The van der Waals surface area contributed by atoms with Crippen LogP contribution in [-0.4, -0.2) is 50.8 Å². The molecule has 1 fully saturated rings. The number of benzene rings is 3. The Morgan fingerprint density at radius 1 is 0.968 bits per heavy atom. The molecule has 3 aromatic rings. The van der Waals surface area contributed by atoms with Gasteiger partial charge in [0.1, 0.15) is 11.5 Å². The summed E-state index contributed by atoms with van der Waals surface area (Å²) in [5.74, 6) is 1.74. The van der Waals surface area contributed by atoms with Gasteiger partial charge in [-0.1, -0.05) is 30.3 Å². The highest BCUT2D eigenvalue weighted by atomic mass is 16.5. The zero-order valence-electron chi connectivity index (χ0n) is 18.1. The number of urea groups is 1. The summed E-state index contributed by atoms with van der Waals surface area (Å²) in [5, 5.41) is 5.32. The molecule has 0 atom stereocenters. The SMILES string of the molecule is CCOc1ccccc1N1CCN(C(=O)NCc2ccc3cc(OC)ccc3c2)CC1. The highest BCUT2D eigenvalue weighted by molar-refractivity contribution is 5.84. The molecule has 0 saturated carbocycles. The third kappa shape index (κ3) is 4.85. The molecule has 0 unspecified atom stereocenters. The van der Waals surface area contributed by atoms with Crippen LogP contribution in [0.25, 0.3) is 10.8 Å². The number of hydrogen-bond acceptors (Lipinski definition) is 4. The maximum atomic E-state index is 12.7. The van der Waals surface area contributed by atoms with Crippen LogP contribution in [0.1, 0.15) is 12.5 Å². The van der Waals surface area contributed by atoms with Crippen molar-refractivity contribution >= 4 is 22.5 Å². The fourth-order valence-corrected chi connectivity index (χ4v) is 3.95. The Morgan fingerprint density at radius 2 is 1.71 bits per heavy atom. The number of rotatable bonds is 6. The number of amides is 2. The van der Waals surface area contributed by atoms with Crippen LogP contribution in [0.2, 0.25) is 0 Å². The average Bonchev–Trinajstić information content (AvgIpc) is 2.82. The summed E-state index contributed by atoms with van der Waals surface area (Å²) in [5.41, 5.74) is 2.17. The molecule has 1 saturated heterocycles. The van der Waals surface area contributed by atoms with Crippen LogP contribution in [0, 0.1) is 0 Å². The lowest BCUT2D eigenvalue weighted by molar-refractivity contribution is 0.194. The molecule has 0 aromatic heterocycles. The van der Waals surface area contributed by atoms with E-state index in [-0.39, 0.29) is 6.03 Å². The van der Waals surface area contributed by atoms with E-state index in [0.29, 0.717) is 26.2 Å². The molecule has 1 aliphatic heterocycles. The Morgan fingerprint density at radius 3 is 2.48 bits per heavy atom. The summed E-state index contributed by atoms with van der Waals surface area (Å²) in [4.78, 5) is 16.9. The molecule has 0 aliphatic carbocycles. The normalized spacial score (nSPS) is 13.9. The number of carbonyl (C=O) groups excluding carboxylic acids is 1. The first-order valence-electron chi connectivity index (χ1n) is 10.7. The molecule has 0 radical (unpaired) electrons. The van der Waals surface area contributed by atoms with E-state index < -0.39 is 0 Å². The van der Waals surface area contributed by atoms with Crippen molar-refractivity contribution in [3.05, 3.63) is 66.2 Å². The minimum Gasteiger partial charge on any atom is -0.497 e. The average molecular weight is 420 g/mol. The van der Waals surface area contributed by atoms with Crippen LogP contribution in [0.4, 0.5) is 10.5 Å². The second-order valence-corrected chi connectivity index (χ2v) is 7.58. The van der Waals surface area contributed by atoms with Crippen LogP contribution >= 0.6 is 0 Å². The van der Waals surface area contributed by atoms with Crippen molar-refractivity contribution in [3.8, 4) is 11.5 Å². The molecule has 4 rings (SSSR count). The van der Waals surface area contributed by atoms with Gasteiger partial charge in [0.2, 0.25) is 0 Å². The summed E-state index contributed by atoms with van der Waals surface area (Å²) in [7, 11) is 1.67. The van der Waals surface area contributed by atoms with Crippen LogP contribution in [0.3, 0.4) is 0 Å². The monoisotopic (exact) mass is 419 g/mol. The molecule has 2 amide bonds. The fraction of sp³-hybridized carbons (Fsp3) is 0.320. The van der Waals surface area contributed by atoms with Crippen molar-refractivity contribution in [2.24, 2.45) is 0 Å². The maximum absolute atomic E-state index is 12.7. The molecular weight excluding hydrogens is 390 g/mol. The molecule has 162 valence electrons. The number of nitrogens with one attached hydrogen (secondary N) is 1. The zero-order valence-corrected chi connectivity index (χ0v) is 18.1. The van der Waals surface area contributed by atoms with Crippen molar-refractivity contribution in [1.82, 2.24) is 10.2 Å². The van der Waals surface area contributed by atoms with E-state index in [4.69, 9.17) is 9.47 Å². The van der Waals surface area contributed by atoms with Crippen LogP contribution in [-0.2, 0) is 6.54 Å². The van der Waals surface area contributed by atoms with Gasteiger partial charge < -0.3 is 24.6 Å². The van der Waals surface area contributed by atoms with Gasteiger partial charge in [-0.25, -0.2) is 4.79 Å². The summed E-state index contributed by atoms with van der Waals surface area (Å²) in [6.07, 6.45) is 0. The number of hydrogen-bond donors (Lipinski definition) is 1. The lowest BCUT2D eigenvalue weighted by Crippen LogP contribution is -2.51. The lowest BCUT2D eigenvalue weighted by Gasteiger charge is -2.36. The molecule has 1 N–H and O–H groups in total. The van der Waals surface area contributed by atoms with Gasteiger partial charge in [0.05, 0.1) is 19.4 Å². The van der Waals surface area contributed by atoms with E-state index in [1.54, 1.807) is 7.11 Å². The molecule has 0 bridgehead atoms. The minimum atomic E-state index is -0.0208. The predicted molar refractivity (Wildman–Crippen MR) is 124 cm³/mol. The number of nitrogens with zero attached hydrogens (tertiary/aromatic N) is 2. The Hall–Kier alpha value is -3.41. The van der Waals surface area contributed by atoms with Crippen LogP contribution < -0.4 is 19.7 Å². The highest BCUT2D eigenvalue weighted by Crippen LogP contribution is 2.29. The van der Waals surface area contributed by atoms with Crippen molar-refractivity contribution in [3.63, 3.8) is 0 Å². The Balaban J connectivity index is 1.32. The smallest absolute Gasteiger partial charge is 0.317 e. The number of piperazine rings is 1. The Labute approximate surface area is 183 Å². The van der Waals surface area contributed by atoms with E-state index in [1.165, 1.54) is 0 Å². The van der Waals surface area contributed by atoms with Gasteiger partial charge in [0.15, 0.2) is 0 Å². The first kappa shape index (κ1) is 20.8. The summed E-state index contributed by atoms with van der Waals surface area (Å²) < 4.78 is 11.0. The van der Waals surface area contributed by atoms with Gasteiger partial charge in [-0.3, -0.25) is 0 Å². The first-order chi connectivity index (χ1) is 15.2. The van der Waals surface area contributed by atoms with Gasteiger partial charge in [-0.2, -0.15) is 0 Å². The van der Waals surface area contributed by atoms with E-state index in [2.05, 4.69) is 28.4 Å². The largest absolute Gasteiger partial charge is 0.497 e. The second-order valence-electron chi connectivity index (χ2n) is 7.58. The van der Waals surface area contributed by atoms with Crippen LogP contribution in [0.5, 0.6) is 11.5 Å². The number of para-hydroxylation sites is 2. The molecule has 1 aliphatic rings. The minimum absolute atomic E-state index is 0.0208. The van der Waals surface area contributed by atoms with Gasteiger partial charge in [-0.05, 0) is 53.6 Å². The number of fused-ring (bicyclic) bond motifs is 1. The van der Waals surface area contributed by atoms with Crippen LogP contribution in [0.15, 0.2) is 60.7 Å². The van der Waals surface area contributed by atoms with Gasteiger partial charge in [-0.15, -0.1) is 0 Å². The van der Waals surface area contributed by atoms with E-state index in [0.717, 1.165) is 46.6 Å². The van der Waals surface area contributed by atoms with Gasteiger partial charge in [0, 0.05) is 32.7 Å². The first-order valence-corrected chi connectivity index (χ1v) is 10.7. The standard InChI is InChI=1S/C25H29N3O3/c1-3-31-24-7-5-4-6-23(24)27-12-14-28(15-13-27)25(29)26-18-19-8-9-21-17-22(30-2)11-10-20(21)16-19/h4-11,16-17H,3,12-15,18H2,1-2H3,(H,26,29). The summed E-state index contributed by atoms with van der Waals surface area (Å²) in [6, 6.07) is 20.3. The van der Waals surface area contributed by atoms with Crippen molar-refractivity contribution in [1.29, 1.82) is 0 Å².